The van der Waals surface area contributed by atoms with Gasteiger partial charge in [-0.05, 0) is 13.0 Å². The highest BCUT2D eigenvalue weighted by Crippen LogP contribution is 2.21. The standard InChI is InChI=1S/C17H20ClFN4O/c1-12-15(18)16(20-21(12)2)17(24)23-9-7-22(8-10-23)11-13-5-3-4-6-14(13)19/h3-6H,7-11H2,1-2H3. The highest BCUT2D eigenvalue weighted by molar-refractivity contribution is 6.34. The van der Waals surface area contributed by atoms with Crippen LogP contribution in [0.5, 0.6) is 0 Å². The monoisotopic (exact) mass is 350 g/mol. The van der Waals surface area contributed by atoms with Crippen molar-refractivity contribution in [1.82, 2.24) is 19.6 Å². The van der Waals surface area contributed by atoms with Crippen LogP contribution in [0.25, 0.3) is 0 Å². The summed E-state index contributed by atoms with van der Waals surface area (Å²) >= 11 is 6.20. The molecule has 2 heterocycles. The number of amides is 1. The summed E-state index contributed by atoms with van der Waals surface area (Å²) in [7, 11) is 1.77. The number of rotatable bonds is 3. The Balaban J connectivity index is 1.61. The lowest BCUT2D eigenvalue weighted by Gasteiger charge is -2.34. The molecule has 0 aliphatic carbocycles. The van der Waals surface area contributed by atoms with Crippen molar-refractivity contribution in [2.24, 2.45) is 7.05 Å². The van der Waals surface area contributed by atoms with E-state index in [-0.39, 0.29) is 11.7 Å². The molecule has 0 N–H and O–H groups in total. The van der Waals surface area contributed by atoms with Crippen molar-refractivity contribution in [3.63, 3.8) is 0 Å². The topological polar surface area (TPSA) is 41.4 Å². The second-order valence-corrected chi connectivity index (χ2v) is 6.41. The Morgan fingerprint density at radius 2 is 1.92 bits per heavy atom. The molecule has 0 radical (unpaired) electrons. The van der Waals surface area contributed by atoms with Crippen LogP contribution in [0.2, 0.25) is 5.02 Å². The minimum atomic E-state index is -0.188. The molecule has 1 aromatic carbocycles. The fraction of sp³-hybridized carbons (Fsp3) is 0.412. The second-order valence-electron chi connectivity index (χ2n) is 6.03. The van der Waals surface area contributed by atoms with Crippen LogP contribution in [0, 0.1) is 12.7 Å². The minimum Gasteiger partial charge on any atom is -0.335 e. The molecule has 3 rings (SSSR count). The number of aromatic nitrogens is 2. The number of nitrogens with zero attached hydrogens (tertiary/aromatic N) is 4. The number of hydrogen-bond acceptors (Lipinski definition) is 3. The Morgan fingerprint density at radius 1 is 1.25 bits per heavy atom. The normalized spacial score (nSPS) is 15.8. The van der Waals surface area contributed by atoms with E-state index in [0.29, 0.717) is 49.0 Å². The zero-order chi connectivity index (χ0) is 17.3. The predicted molar refractivity (Wildman–Crippen MR) is 90.5 cm³/mol. The van der Waals surface area contributed by atoms with Gasteiger partial charge in [0.2, 0.25) is 0 Å². The third-order valence-electron chi connectivity index (χ3n) is 4.47. The second kappa shape index (κ2) is 6.91. The highest BCUT2D eigenvalue weighted by Gasteiger charge is 2.27. The van der Waals surface area contributed by atoms with Crippen molar-refractivity contribution in [3.05, 3.63) is 52.1 Å². The number of aryl methyl sites for hydroxylation is 1. The molecule has 1 aliphatic heterocycles. The summed E-state index contributed by atoms with van der Waals surface area (Å²) in [4.78, 5) is 16.5. The van der Waals surface area contributed by atoms with Gasteiger partial charge in [-0.15, -0.1) is 0 Å². The molecular weight excluding hydrogens is 331 g/mol. The molecule has 128 valence electrons. The molecule has 1 amide bonds. The van der Waals surface area contributed by atoms with Gasteiger partial charge in [0.25, 0.3) is 5.91 Å². The molecule has 5 nitrogen and oxygen atoms in total. The fourth-order valence-electron chi connectivity index (χ4n) is 2.85. The molecule has 0 unspecified atom stereocenters. The Morgan fingerprint density at radius 3 is 2.50 bits per heavy atom. The van der Waals surface area contributed by atoms with Gasteiger partial charge < -0.3 is 4.90 Å². The smallest absolute Gasteiger partial charge is 0.276 e. The van der Waals surface area contributed by atoms with E-state index >= 15 is 0 Å². The SMILES string of the molecule is Cc1c(Cl)c(C(=O)N2CCN(Cc3ccccc3F)CC2)nn1C. The lowest BCUT2D eigenvalue weighted by atomic mass is 10.2. The average molecular weight is 351 g/mol. The molecule has 2 aromatic rings. The van der Waals surface area contributed by atoms with Gasteiger partial charge in [-0.25, -0.2) is 4.39 Å². The third kappa shape index (κ3) is 3.30. The van der Waals surface area contributed by atoms with Crippen molar-refractivity contribution in [3.8, 4) is 0 Å². The summed E-state index contributed by atoms with van der Waals surface area (Å²) in [6, 6.07) is 6.79. The minimum absolute atomic E-state index is 0.144. The van der Waals surface area contributed by atoms with Crippen LogP contribution in [0.3, 0.4) is 0 Å². The van der Waals surface area contributed by atoms with Gasteiger partial charge in [-0.2, -0.15) is 5.10 Å². The summed E-state index contributed by atoms with van der Waals surface area (Å²) in [5, 5.41) is 4.63. The van der Waals surface area contributed by atoms with Crippen LogP contribution in [0.1, 0.15) is 21.7 Å². The number of carbonyl (C=O) groups excluding carboxylic acids is 1. The molecule has 0 bridgehead atoms. The maximum atomic E-state index is 13.7. The van der Waals surface area contributed by atoms with Gasteiger partial charge in [0.15, 0.2) is 5.69 Å². The van der Waals surface area contributed by atoms with Crippen LogP contribution < -0.4 is 0 Å². The summed E-state index contributed by atoms with van der Waals surface area (Å²) in [6.07, 6.45) is 0. The quantitative estimate of drug-likeness (QED) is 0.854. The zero-order valence-electron chi connectivity index (χ0n) is 13.8. The molecular formula is C17H20ClFN4O. The number of hydrogen-bond donors (Lipinski definition) is 0. The third-order valence-corrected chi connectivity index (χ3v) is 4.93. The molecule has 7 heteroatoms. The first-order valence-corrected chi connectivity index (χ1v) is 8.29. The lowest BCUT2D eigenvalue weighted by Crippen LogP contribution is -2.48. The summed E-state index contributed by atoms with van der Waals surface area (Å²) < 4.78 is 15.4. The predicted octanol–water partition coefficient (Wildman–Crippen LogP) is 2.48. The van der Waals surface area contributed by atoms with Gasteiger partial charge >= 0.3 is 0 Å². The Bertz CT molecular complexity index is 753. The number of piperazine rings is 1. The number of carbonyl (C=O) groups is 1. The Labute approximate surface area is 145 Å². The van der Waals surface area contributed by atoms with Gasteiger partial charge in [0, 0.05) is 45.3 Å². The van der Waals surface area contributed by atoms with E-state index in [9.17, 15) is 9.18 Å². The number of halogens is 2. The first kappa shape index (κ1) is 16.9. The van der Waals surface area contributed by atoms with Crippen LogP contribution >= 0.6 is 11.6 Å². The molecule has 1 aliphatic rings. The first-order valence-electron chi connectivity index (χ1n) is 7.91. The molecule has 24 heavy (non-hydrogen) atoms. The van der Waals surface area contributed by atoms with E-state index in [1.54, 1.807) is 28.8 Å². The van der Waals surface area contributed by atoms with Gasteiger partial charge in [0.1, 0.15) is 5.82 Å². The molecule has 1 saturated heterocycles. The molecule has 0 atom stereocenters. The van der Waals surface area contributed by atoms with Gasteiger partial charge in [0.05, 0.1) is 10.7 Å². The lowest BCUT2D eigenvalue weighted by molar-refractivity contribution is 0.0620. The van der Waals surface area contributed by atoms with Crippen molar-refractivity contribution in [2.75, 3.05) is 26.2 Å². The van der Waals surface area contributed by atoms with Gasteiger partial charge in [-0.3, -0.25) is 14.4 Å². The maximum Gasteiger partial charge on any atom is 0.276 e. The van der Waals surface area contributed by atoms with Crippen LogP contribution in [-0.4, -0.2) is 51.7 Å². The number of benzene rings is 1. The summed E-state index contributed by atoms with van der Waals surface area (Å²) in [5.74, 6) is -0.332. The Hall–Kier alpha value is -1.92. The van der Waals surface area contributed by atoms with Crippen molar-refractivity contribution in [1.29, 1.82) is 0 Å². The van der Waals surface area contributed by atoms with E-state index in [1.165, 1.54) is 6.07 Å². The fourth-order valence-corrected chi connectivity index (χ4v) is 3.09. The van der Waals surface area contributed by atoms with E-state index in [4.69, 9.17) is 11.6 Å². The summed E-state index contributed by atoms with van der Waals surface area (Å²) in [5.41, 5.74) is 1.76. The molecule has 1 aromatic heterocycles. The molecule has 0 saturated carbocycles. The maximum absolute atomic E-state index is 13.7. The van der Waals surface area contributed by atoms with Crippen molar-refractivity contribution in [2.45, 2.75) is 13.5 Å². The first-order chi connectivity index (χ1) is 11.5. The van der Waals surface area contributed by atoms with Gasteiger partial charge in [-0.1, -0.05) is 29.8 Å². The van der Waals surface area contributed by atoms with Crippen LogP contribution in [0.15, 0.2) is 24.3 Å². The van der Waals surface area contributed by atoms with E-state index in [1.807, 2.05) is 13.0 Å². The summed E-state index contributed by atoms with van der Waals surface area (Å²) in [6.45, 7) is 4.95. The van der Waals surface area contributed by atoms with Crippen LogP contribution in [0.4, 0.5) is 4.39 Å². The van der Waals surface area contributed by atoms with E-state index in [2.05, 4.69) is 10.00 Å². The van der Waals surface area contributed by atoms with Crippen LogP contribution in [-0.2, 0) is 13.6 Å². The largest absolute Gasteiger partial charge is 0.335 e. The van der Waals surface area contributed by atoms with E-state index < -0.39 is 0 Å². The Kier molecular flexibility index (Phi) is 4.87. The van der Waals surface area contributed by atoms with Crippen molar-refractivity contribution >= 4 is 17.5 Å². The average Bonchev–Trinajstić information content (AvgIpc) is 2.84. The molecule has 0 spiro atoms. The zero-order valence-corrected chi connectivity index (χ0v) is 14.6. The van der Waals surface area contributed by atoms with Crippen molar-refractivity contribution < 1.29 is 9.18 Å². The highest BCUT2D eigenvalue weighted by atomic mass is 35.5. The molecule has 1 fully saturated rings. The van der Waals surface area contributed by atoms with E-state index in [0.717, 1.165) is 5.69 Å².